The highest BCUT2D eigenvalue weighted by atomic mass is 16.2. The topological polar surface area (TPSA) is 84.0 Å². The molecule has 4 rings (SSSR count). The number of hydrogen-bond acceptors (Lipinski definition) is 4. The van der Waals surface area contributed by atoms with Gasteiger partial charge in [0, 0.05) is 51.5 Å². The van der Waals surface area contributed by atoms with Crippen molar-refractivity contribution >= 4 is 16.9 Å². The number of nitrogens with zero attached hydrogens (tertiary/aromatic N) is 7. The maximum Gasteiger partial charge on any atom is 0.332 e. The van der Waals surface area contributed by atoms with Crippen molar-refractivity contribution in [2.24, 2.45) is 14.1 Å². The van der Waals surface area contributed by atoms with Gasteiger partial charge in [-0.1, -0.05) is 0 Å². The van der Waals surface area contributed by atoms with Crippen molar-refractivity contribution < 1.29 is 0 Å². The number of hydrogen-bond donors (Lipinski definition) is 0. The van der Waals surface area contributed by atoms with Crippen molar-refractivity contribution in [1.82, 2.24) is 32.6 Å². The summed E-state index contributed by atoms with van der Waals surface area (Å²) >= 11 is 0. The smallest absolute Gasteiger partial charge is 0.332 e. The molecule has 130 valence electrons. The van der Waals surface area contributed by atoms with Gasteiger partial charge in [0.2, 0.25) is 5.78 Å². The zero-order valence-corrected chi connectivity index (χ0v) is 14.4. The molecule has 0 unspecified atom stereocenters. The molecule has 0 bridgehead atoms. The summed E-state index contributed by atoms with van der Waals surface area (Å²) in [4.78, 5) is 33.3. The number of fused-ring (bicyclic) bond motifs is 3. The number of imidazole rings is 3. The lowest BCUT2D eigenvalue weighted by Gasteiger charge is -2.06. The number of aryl methyl sites for hydroxylation is 4. The first-order valence-corrected chi connectivity index (χ1v) is 8.08. The Hall–Kier alpha value is -3.10. The van der Waals surface area contributed by atoms with E-state index in [4.69, 9.17) is 0 Å². The summed E-state index contributed by atoms with van der Waals surface area (Å²) in [6, 6.07) is 0. The lowest BCUT2D eigenvalue weighted by molar-refractivity contribution is 0.564. The van der Waals surface area contributed by atoms with Gasteiger partial charge >= 0.3 is 5.69 Å². The van der Waals surface area contributed by atoms with Crippen LogP contribution >= 0.6 is 0 Å². The van der Waals surface area contributed by atoms with Gasteiger partial charge in [0.1, 0.15) is 0 Å². The van der Waals surface area contributed by atoms with Gasteiger partial charge in [-0.25, -0.2) is 9.78 Å². The molecule has 0 saturated heterocycles. The van der Waals surface area contributed by atoms with Gasteiger partial charge in [-0.3, -0.25) is 18.3 Å². The van der Waals surface area contributed by atoms with Crippen LogP contribution in [-0.4, -0.2) is 32.6 Å². The van der Waals surface area contributed by atoms with Crippen LogP contribution in [0.1, 0.15) is 12.1 Å². The van der Waals surface area contributed by atoms with Gasteiger partial charge in [-0.2, -0.15) is 4.98 Å². The molecule has 0 aromatic carbocycles. The minimum atomic E-state index is -0.373. The van der Waals surface area contributed by atoms with Crippen LogP contribution in [0, 0.1) is 6.92 Å². The minimum absolute atomic E-state index is 0.332. The van der Waals surface area contributed by atoms with Crippen molar-refractivity contribution in [1.29, 1.82) is 0 Å². The first kappa shape index (κ1) is 15.4. The maximum absolute atomic E-state index is 12.5. The summed E-state index contributed by atoms with van der Waals surface area (Å²) in [5.74, 6) is 0.677. The van der Waals surface area contributed by atoms with Crippen molar-refractivity contribution in [3.63, 3.8) is 0 Å². The highest BCUT2D eigenvalue weighted by molar-refractivity contribution is 5.75. The molecule has 0 atom stereocenters. The van der Waals surface area contributed by atoms with Crippen LogP contribution < -0.4 is 11.2 Å². The third-order valence-electron chi connectivity index (χ3n) is 4.61. The Morgan fingerprint density at radius 1 is 1.12 bits per heavy atom. The van der Waals surface area contributed by atoms with Gasteiger partial charge in [-0.05, 0) is 13.3 Å². The fourth-order valence-corrected chi connectivity index (χ4v) is 3.24. The predicted molar refractivity (Wildman–Crippen MR) is 92.8 cm³/mol. The third-order valence-corrected chi connectivity index (χ3v) is 4.61. The summed E-state index contributed by atoms with van der Waals surface area (Å²) in [5.41, 5.74) is 1.15. The highest BCUT2D eigenvalue weighted by Crippen LogP contribution is 2.16. The van der Waals surface area contributed by atoms with Gasteiger partial charge in [0.05, 0.1) is 6.33 Å². The maximum atomic E-state index is 12.5. The fraction of sp³-hybridized carbons (Fsp3) is 0.375. The van der Waals surface area contributed by atoms with Gasteiger partial charge in [-0.15, -0.1) is 0 Å². The Labute approximate surface area is 142 Å². The van der Waals surface area contributed by atoms with E-state index in [0.717, 1.165) is 29.8 Å². The van der Waals surface area contributed by atoms with Gasteiger partial charge < -0.3 is 9.13 Å². The van der Waals surface area contributed by atoms with Gasteiger partial charge in [0.25, 0.3) is 5.56 Å². The predicted octanol–water partition coefficient (Wildman–Crippen LogP) is 0.282. The normalized spacial score (nSPS) is 11.8. The molecule has 0 aliphatic heterocycles. The average Bonchev–Trinajstić information content (AvgIpc) is 3.28. The van der Waals surface area contributed by atoms with E-state index < -0.39 is 0 Å². The molecule has 25 heavy (non-hydrogen) atoms. The molecule has 0 fully saturated rings. The Morgan fingerprint density at radius 3 is 2.64 bits per heavy atom. The average molecular weight is 341 g/mol. The first-order chi connectivity index (χ1) is 12.0. The van der Waals surface area contributed by atoms with Crippen LogP contribution in [-0.2, 0) is 27.2 Å². The molecule has 4 aromatic rings. The zero-order valence-electron chi connectivity index (χ0n) is 14.4. The minimum Gasteiger partial charge on any atom is -0.337 e. The van der Waals surface area contributed by atoms with E-state index in [0.29, 0.717) is 16.9 Å². The molecule has 0 aliphatic rings. The van der Waals surface area contributed by atoms with Crippen molar-refractivity contribution in [3.8, 4) is 0 Å². The van der Waals surface area contributed by atoms with Crippen LogP contribution in [0.2, 0.25) is 0 Å². The molecule has 0 amide bonds. The second kappa shape index (κ2) is 5.47. The summed E-state index contributed by atoms with van der Waals surface area (Å²) in [6.45, 7) is 3.60. The summed E-state index contributed by atoms with van der Waals surface area (Å²) in [5, 5.41) is 0. The highest BCUT2D eigenvalue weighted by Gasteiger charge is 2.18. The van der Waals surface area contributed by atoms with Crippen LogP contribution in [0.3, 0.4) is 0 Å². The molecular weight excluding hydrogens is 322 g/mol. The Morgan fingerprint density at radius 2 is 1.92 bits per heavy atom. The molecule has 0 radical (unpaired) electrons. The quantitative estimate of drug-likeness (QED) is 0.534. The van der Waals surface area contributed by atoms with Crippen LogP contribution in [0.5, 0.6) is 0 Å². The molecule has 0 aliphatic carbocycles. The summed E-state index contributed by atoms with van der Waals surface area (Å²) in [7, 11) is 3.12. The number of aromatic nitrogens is 7. The van der Waals surface area contributed by atoms with E-state index in [-0.39, 0.29) is 11.2 Å². The standard InChI is InChI=1S/C16H19N7O2/c1-11-9-23-12-13(19(2)16(25)20(3)14(12)24)18-15(23)22(11)7-4-6-21-8-5-17-10-21/h5,8-10H,4,6-7H2,1-3H3. The molecule has 4 aromatic heterocycles. The molecule has 0 spiro atoms. The Kier molecular flexibility index (Phi) is 3.38. The van der Waals surface area contributed by atoms with Crippen molar-refractivity contribution in [2.45, 2.75) is 26.4 Å². The lowest BCUT2D eigenvalue weighted by atomic mass is 10.4. The largest absolute Gasteiger partial charge is 0.337 e. The van der Waals surface area contributed by atoms with Crippen LogP contribution in [0.15, 0.2) is 34.5 Å². The Balaban J connectivity index is 1.82. The summed E-state index contributed by atoms with van der Waals surface area (Å²) < 4.78 is 8.40. The van der Waals surface area contributed by atoms with E-state index in [1.807, 2.05) is 23.9 Å². The summed E-state index contributed by atoms with van der Waals surface area (Å²) in [6.07, 6.45) is 8.29. The molecule has 9 heteroatoms. The first-order valence-electron chi connectivity index (χ1n) is 8.08. The van der Waals surface area contributed by atoms with Crippen LogP contribution in [0.25, 0.3) is 16.9 Å². The second-order valence-corrected chi connectivity index (χ2v) is 6.24. The SMILES string of the molecule is Cc1cn2c3c(=O)n(C)c(=O)n(C)c3nc2n1CCCn1ccnc1. The molecule has 9 nitrogen and oxygen atoms in total. The fourth-order valence-electron chi connectivity index (χ4n) is 3.24. The van der Waals surface area contributed by atoms with E-state index in [1.54, 1.807) is 24.0 Å². The molecule has 4 heterocycles. The third kappa shape index (κ3) is 2.23. The van der Waals surface area contributed by atoms with E-state index in [1.165, 1.54) is 11.6 Å². The van der Waals surface area contributed by atoms with E-state index in [2.05, 4.69) is 14.5 Å². The van der Waals surface area contributed by atoms with Crippen LogP contribution in [0.4, 0.5) is 0 Å². The zero-order chi connectivity index (χ0) is 17.7. The van der Waals surface area contributed by atoms with E-state index in [9.17, 15) is 9.59 Å². The lowest BCUT2D eigenvalue weighted by Crippen LogP contribution is -2.37. The molecular formula is C16H19N7O2. The van der Waals surface area contributed by atoms with E-state index >= 15 is 0 Å². The monoisotopic (exact) mass is 341 g/mol. The van der Waals surface area contributed by atoms with Crippen molar-refractivity contribution in [2.75, 3.05) is 0 Å². The second-order valence-electron chi connectivity index (χ2n) is 6.24. The van der Waals surface area contributed by atoms with Crippen molar-refractivity contribution in [3.05, 3.63) is 51.4 Å². The number of rotatable bonds is 4. The Bertz CT molecular complexity index is 1190. The van der Waals surface area contributed by atoms with Gasteiger partial charge in [0.15, 0.2) is 11.2 Å². The molecule has 0 saturated carbocycles. The molecule has 0 N–H and O–H groups in total.